The number of benzene rings is 1. The van der Waals surface area contributed by atoms with Gasteiger partial charge in [-0.2, -0.15) is 0 Å². The Labute approximate surface area is 133 Å². The molecule has 114 valence electrons. The molecular weight excluding hydrogens is 268 g/mol. The summed E-state index contributed by atoms with van der Waals surface area (Å²) in [7, 11) is 1.03. The van der Waals surface area contributed by atoms with E-state index in [1.165, 1.54) is 31.2 Å². The van der Waals surface area contributed by atoms with Gasteiger partial charge in [-0.1, -0.05) is 57.0 Å². The van der Waals surface area contributed by atoms with Gasteiger partial charge in [-0.25, -0.2) is 0 Å². The molecule has 0 heterocycles. The lowest BCUT2D eigenvalue weighted by atomic mass is 9.45. The topological polar surface area (TPSA) is 0 Å². The highest BCUT2D eigenvalue weighted by Crippen LogP contribution is 2.65. The van der Waals surface area contributed by atoms with Crippen LogP contribution in [0.2, 0.25) is 5.54 Å². The number of rotatable bonds is 4. The third kappa shape index (κ3) is 2.52. The smallest absolute Gasteiger partial charge is 0.0654 e. The molecule has 0 aliphatic heterocycles. The second-order valence-corrected chi connectivity index (χ2v) is 9.62. The van der Waals surface area contributed by atoms with Crippen LogP contribution in [0.15, 0.2) is 18.2 Å². The van der Waals surface area contributed by atoms with E-state index < -0.39 is 0 Å². The van der Waals surface area contributed by atoms with E-state index in [0.29, 0.717) is 5.41 Å². The van der Waals surface area contributed by atoms with Gasteiger partial charge in [0.1, 0.15) is 0 Å². The van der Waals surface area contributed by atoms with Crippen molar-refractivity contribution in [1.82, 2.24) is 0 Å². The zero-order valence-corrected chi connectivity index (χ0v) is 15.4. The zero-order chi connectivity index (χ0) is 15.2. The lowest BCUT2D eigenvalue weighted by molar-refractivity contribution is -0.106. The van der Waals surface area contributed by atoms with Gasteiger partial charge in [0.15, 0.2) is 0 Å². The van der Waals surface area contributed by atoms with Crippen molar-refractivity contribution in [2.75, 3.05) is 0 Å². The standard InChI is InChI=1S/C20H30Si/c1-6-8-16-17-11-15(20(17,4)5)12-19(16)21-18-10-7-9-13(2)14(18)3/h7,9-10,15-17,19H,6,8,11-12H2,1-5H3. The normalized spacial score (nSPS) is 33.6. The summed E-state index contributed by atoms with van der Waals surface area (Å²) in [5, 5.41) is 1.64. The molecule has 2 radical (unpaired) electrons. The Kier molecular flexibility index (Phi) is 4.07. The highest BCUT2D eigenvalue weighted by Gasteiger charge is 2.56. The van der Waals surface area contributed by atoms with Gasteiger partial charge in [0.25, 0.3) is 0 Å². The van der Waals surface area contributed by atoms with Crippen molar-refractivity contribution in [3.63, 3.8) is 0 Å². The SMILES string of the molecule is CCCC1C([Si]c2cccc(C)c2C)CC2CC1C2(C)C. The second-order valence-electron chi connectivity index (χ2n) is 8.05. The van der Waals surface area contributed by atoms with Crippen LogP contribution in [0.1, 0.15) is 57.6 Å². The second kappa shape index (κ2) is 5.57. The number of hydrogen-bond acceptors (Lipinski definition) is 0. The summed E-state index contributed by atoms with van der Waals surface area (Å²) >= 11 is 0. The number of hydrogen-bond donors (Lipinski definition) is 0. The molecule has 3 fully saturated rings. The Morgan fingerprint density at radius 2 is 1.95 bits per heavy atom. The molecule has 4 atom stereocenters. The fourth-order valence-corrected chi connectivity index (χ4v) is 6.97. The summed E-state index contributed by atoms with van der Waals surface area (Å²) in [4.78, 5) is 0. The molecule has 0 amide bonds. The first-order valence-corrected chi connectivity index (χ1v) is 9.85. The molecule has 3 aliphatic carbocycles. The first kappa shape index (κ1) is 15.3. The molecule has 1 heteroatoms. The van der Waals surface area contributed by atoms with E-state index in [-0.39, 0.29) is 0 Å². The average molecular weight is 299 g/mol. The maximum Gasteiger partial charge on any atom is 0.0849 e. The minimum Gasteiger partial charge on any atom is -0.0654 e. The molecule has 0 nitrogen and oxygen atoms in total. The first-order chi connectivity index (χ1) is 9.95. The van der Waals surface area contributed by atoms with E-state index in [1.54, 1.807) is 10.8 Å². The molecule has 0 spiro atoms. The summed E-state index contributed by atoms with van der Waals surface area (Å²) in [5.41, 5.74) is 4.60. The number of fused-ring (bicyclic) bond motifs is 2. The molecule has 1 aromatic carbocycles. The minimum absolute atomic E-state index is 0.627. The third-order valence-electron chi connectivity index (χ3n) is 6.69. The molecule has 21 heavy (non-hydrogen) atoms. The molecule has 2 bridgehead atoms. The quantitative estimate of drug-likeness (QED) is 0.693. The molecule has 0 aromatic heterocycles. The Morgan fingerprint density at radius 3 is 2.62 bits per heavy atom. The Hall–Kier alpha value is -0.563. The minimum atomic E-state index is 0.627. The summed E-state index contributed by atoms with van der Waals surface area (Å²) in [6.07, 6.45) is 5.81. The van der Waals surface area contributed by atoms with Gasteiger partial charge in [-0.3, -0.25) is 0 Å². The summed E-state index contributed by atoms with van der Waals surface area (Å²) in [6, 6.07) is 6.90. The van der Waals surface area contributed by atoms with Gasteiger partial charge in [0, 0.05) is 0 Å². The fourth-order valence-electron chi connectivity index (χ4n) is 4.95. The van der Waals surface area contributed by atoms with Crippen LogP contribution in [-0.2, 0) is 0 Å². The van der Waals surface area contributed by atoms with E-state index in [2.05, 4.69) is 52.8 Å². The van der Waals surface area contributed by atoms with Gasteiger partial charge >= 0.3 is 0 Å². The predicted octanol–water partition coefficient (Wildman–Crippen LogP) is 4.90. The molecule has 0 N–H and O–H groups in total. The van der Waals surface area contributed by atoms with Crippen LogP contribution in [0, 0.1) is 37.0 Å². The summed E-state index contributed by atoms with van der Waals surface area (Å²) in [6.45, 7) is 12.0. The van der Waals surface area contributed by atoms with E-state index in [4.69, 9.17) is 0 Å². The molecule has 4 rings (SSSR count). The summed E-state index contributed by atoms with van der Waals surface area (Å²) in [5.74, 6) is 2.98. The highest BCUT2D eigenvalue weighted by atomic mass is 28.2. The van der Waals surface area contributed by atoms with E-state index in [1.807, 2.05) is 0 Å². The highest BCUT2D eigenvalue weighted by molar-refractivity contribution is 6.55. The largest absolute Gasteiger partial charge is 0.0849 e. The maximum absolute atomic E-state index is 2.53. The van der Waals surface area contributed by atoms with Crippen molar-refractivity contribution in [3.05, 3.63) is 29.3 Å². The van der Waals surface area contributed by atoms with Crippen molar-refractivity contribution in [2.24, 2.45) is 23.2 Å². The van der Waals surface area contributed by atoms with Gasteiger partial charge in [0.05, 0.1) is 9.52 Å². The molecule has 3 aliphatic rings. The van der Waals surface area contributed by atoms with Crippen LogP contribution in [0.4, 0.5) is 0 Å². The fraction of sp³-hybridized carbons (Fsp3) is 0.700. The Morgan fingerprint density at radius 1 is 1.19 bits per heavy atom. The predicted molar refractivity (Wildman–Crippen MR) is 93.4 cm³/mol. The van der Waals surface area contributed by atoms with Crippen LogP contribution in [0.5, 0.6) is 0 Å². The van der Waals surface area contributed by atoms with Crippen LogP contribution in [0.25, 0.3) is 0 Å². The monoisotopic (exact) mass is 298 g/mol. The lowest BCUT2D eigenvalue weighted by Crippen LogP contribution is -2.55. The van der Waals surface area contributed by atoms with Crippen LogP contribution in [-0.4, -0.2) is 9.52 Å². The van der Waals surface area contributed by atoms with Crippen molar-refractivity contribution in [1.29, 1.82) is 0 Å². The van der Waals surface area contributed by atoms with Crippen molar-refractivity contribution >= 4 is 14.7 Å². The Bertz CT molecular complexity index is 517. The molecule has 3 saturated carbocycles. The van der Waals surface area contributed by atoms with Gasteiger partial charge < -0.3 is 0 Å². The van der Waals surface area contributed by atoms with Crippen LogP contribution in [0.3, 0.4) is 0 Å². The van der Waals surface area contributed by atoms with Gasteiger partial charge in [-0.15, -0.1) is 0 Å². The average Bonchev–Trinajstić information content (AvgIpc) is 2.45. The first-order valence-electron chi connectivity index (χ1n) is 8.78. The van der Waals surface area contributed by atoms with Gasteiger partial charge in [0.2, 0.25) is 0 Å². The number of aryl methyl sites for hydroxylation is 1. The third-order valence-corrected chi connectivity index (χ3v) is 8.57. The van der Waals surface area contributed by atoms with Crippen LogP contribution < -0.4 is 5.19 Å². The zero-order valence-electron chi connectivity index (χ0n) is 14.4. The molecule has 1 aromatic rings. The molecular formula is C20H30Si. The van der Waals surface area contributed by atoms with E-state index in [0.717, 1.165) is 32.8 Å². The van der Waals surface area contributed by atoms with E-state index >= 15 is 0 Å². The summed E-state index contributed by atoms with van der Waals surface area (Å²) < 4.78 is 0. The van der Waals surface area contributed by atoms with Crippen LogP contribution >= 0.6 is 0 Å². The molecule has 4 unspecified atom stereocenters. The maximum atomic E-state index is 2.53. The Balaban J connectivity index is 1.80. The van der Waals surface area contributed by atoms with Crippen molar-refractivity contribution in [2.45, 2.75) is 65.8 Å². The van der Waals surface area contributed by atoms with Gasteiger partial charge in [-0.05, 0) is 66.5 Å². The van der Waals surface area contributed by atoms with Crippen molar-refractivity contribution < 1.29 is 0 Å². The van der Waals surface area contributed by atoms with E-state index in [9.17, 15) is 0 Å². The molecule has 0 saturated heterocycles. The van der Waals surface area contributed by atoms with Crippen molar-refractivity contribution in [3.8, 4) is 0 Å². The lowest BCUT2D eigenvalue weighted by Gasteiger charge is -2.63.